The first-order valence-corrected chi connectivity index (χ1v) is 7.00. The maximum absolute atomic E-state index is 12.3. The van der Waals surface area contributed by atoms with Crippen molar-refractivity contribution in [2.75, 3.05) is 5.32 Å². The molecule has 0 atom stereocenters. The van der Waals surface area contributed by atoms with Gasteiger partial charge in [-0.3, -0.25) is 14.2 Å². The molecule has 0 radical (unpaired) electrons. The van der Waals surface area contributed by atoms with E-state index in [2.05, 4.69) is 15.5 Å². The standard InChI is InChI=1S/C16H17N5O/c1-12-15(11-20(2)19-12)16(22)18-14-6-3-5-13(9-14)10-21-8-4-7-17-21/h3-9,11H,10H2,1-2H3,(H,18,22). The van der Waals surface area contributed by atoms with Crippen LogP contribution in [0.15, 0.2) is 48.9 Å². The average molecular weight is 295 g/mol. The maximum atomic E-state index is 12.3. The second-order valence-corrected chi connectivity index (χ2v) is 5.16. The summed E-state index contributed by atoms with van der Waals surface area (Å²) in [6, 6.07) is 9.63. The number of amides is 1. The second kappa shape index (κ2) is 5.85. The van der Waals surface area contributed by atoms with Gasteiger partial charge in [0, 0.05) is 31.3 Å². The van der Waals surface area contributed by atoms with Crippen molar-refractivity contribution in [2.45, 2.75) is 13.5 Å². The third-order valence-electron chi connectivity index (χ3n) is 3.35. The molecule has 3 aromatic rings. The fraction of sp³-hybridized carbons (Fsp3) is 0.188. The lowest BCUT2D eigenvalue weighted by molar-refractivity contribution is 0.102. The average Bonchev–Trinajstić information content (AvgIpc) is 3.09. The van der Waals surface area contributed by atoms with Crippen molar-refractivity contribution >= 4 is 11.6 Å². The summed E-state index contributed by atoms with van der Waals surface area (Å²) in [7, 11) is 1.80. The van der Waals surface area contributed by atoms with Gasteiger partial charge in [-0.1, -0.05) is 12.1 Å². The number of carbonyl (C=O) groups is 1. The van der Waals surface area contributed by atoms with Crippen LogP contribution in [0, 0.1) is 6.92 Å². The van der Waals surface area contributed by atoms with Gasteiger partial charge in [0.05, 0.1) is 17.8 Å². The van der Waals surface area contributed by atoms with Gasteiger partial charge in [-0.25, -0.2) is 0 Å². The third kappa shape index (κ3) is 3.06. The first-order valence-electron chi connectivity index (χ1n) is 7.00. The Morgan fingerprint density at radius 1 is 1.32 bits per heavy atom. The van der Waals surface area contributed by atoms with Crippen molar-refractivity contribution < 1.29 is 4.79 Å². The predicted octanol–water partition coefficient (Wildman–Crippen LogP) is 2.23. The van der Waals surface area contributed by atoms with Crippen molar-refractivity contribution in [2.24, 2.45) is 7.05 Å². The largest absolute Gasteiger partial charge is 0.322 e. The van der Waals surface area contributed by atoms with Gasteiger partial charge in [-0.15, -0.1) is 0 Å². The molecule has 0 saturated carbocycles. The number of aromatic nitrogens is 4. The van der Waals surface area contributed by atoms with Crippen molar-refractivity contribution in [1.82, 2.24) is 19.6 Å². The Hall–Kier alpha value is -2.89. The summed E-state index contributed by atoms with van der Waals surface area (Å²) >= 11 is 0. The van der Waals surface area contributed by atoms with Crippen molar-refractivity contribution in [3.63, 3.8) is 0 Å². The molecule has 1 amide bonds. The van der Waals surface area contributed by atoms with Crippen LogP contribution in [0.5, 0.6) is 0 Å². The lowest BCUT2D eigenvalue weighted by atomic mass is 10.2. The summed E-state index contributed by atoms with van der Waals surface area (Å²) in [4.78, 5) is 12.3. The lowest BCUT2D eigenvalue weighted by Gasteiger charge is -2.07. The first kappa shape index (κ1) is 14.1. The number of aryl methyl sites for hydroxylation is 2. The summed E-state index contributed by atoms with van der Waals surface area (Å²) in [5.41, 5.74) is 3.13. The number of rotatable bonds is 4. The van der Waals surface area contributed by atoms with Crippen LogP contribution in [0.1, 0.15) is 21.6 Å². The Kier molecular flexibility index (Phi) is 3.74. The lowest BCUT2D eigenvalue weighted by Crippen LogP contribution is -2.12. The molecular weight excluding hydrogens is 278 g/mol. The summed E-state index contributed by atoms with van der Waals surface area (Å²) in [5, 5.41) is 11.3. The van der Waals surface area contributed by atoms with Gasteiger partial charge in [0.1, 0.15) is 0 Å². The molecule has 2 aromatic heterocycles. The van der Waals surface area contributed by atoms with E-state index in [-0.39, 0.29) is 5.91 Å². The molecule has 0 spiro atoms. The van der Waals surface area contributed by atoms with E-state index in [0.717, 1.165) is 11.3 Å². The number of nitrogens with one attached hydrogen (secondary N) is 1. The zero-order valence-corrected chi connectivity index (χ0v) is 12.5. The normalized spacial score (nSPS) is 10.6. The molecule has 2 heterocycles. The number of hydrogen-bond donors (Lipinski definition) is 1. The van der Waals surface area contributed by atoms with Crippen LogP contribution in [0.3, 0.4) is 0 Å². The quantitative estimate of drug-likeness (QED) is 0.802. The van der Waals surface area contributed by atoms with Crippen LogP contribution in [0.25, 0.3) is 0 Å². The number of anilines is 1. The Bertz CT molecular complexity index is 789. The van der Waals surface area contributed by atoms with Crippen molar-refractivity contribution in [1.29, 1.82) is 0 Å². The zero-order valence-electron chi connectivity index (χ0n) is 12.5. The second-order valence-electron chi connectivity index (χ2n) is 5.16. The van der Waals surface area contributed by atoms with Crippen molar-refractivity contribution in [3.8, 4) is 0 Å². The van der Waals surface area contributed by atoms with Crippen LogP contribution in [-0.4, -0.2) is 25.5 Å². The molecule has 1 N–H and O–H groups in total. The smallest absolute Gasteiger partial charge is 0.259 e. The monoisotopic (exact) mass is 295 g/mol. The molecule has 0 bridgehead atoms. The SMILES string of the molecule is Cc1nn(C)cc1C(=O)Nc1cccc(Cn2cccn2)c1. The number of benzene rings is 1. The van der Waals surface area contributed by atoms with Crippen LogP contribution >= 0.6 is 0 Å². The third-order valence-corrected chi connectivity index (χ3v) is 3.35. The highest BCUT2D eigenvalue weighted by Crippen LogP contribution is 2.14. The molecule has 0 saturated heterocycles. The summed E-state index contributed by atoms with van der Waals surface area (Å²) < 4.78 is 3.48. The Morgan fingerprint density at radius 3 is 2.86 bits per heavy atom. The molecule has 6 heteroatoms. The molecule has 3 rings (SSSR count). The molecule has 0 aliphatic rings. The molecule has 0 unspecified atom stereocenters. The Labute approximate surface area is 128 Å². The molecule has 6 nitrogen and oxygen atoms in total. The molecule has 0 aliphatic carbocycles. The van der Waals surface area contributed by atoms with E-state index in [0.29, 0.717) is 17.8 Å². The fourth-order valence-electron chi connectivity index (χ4n) is 2.35. The van der Waals surface area contributed by atoms with Crippen LogP contribution in [0.4, 0.5) is 5.69 Å². The van der Waals surface area contributed by atoms with Crippen molar-refractivity contribution in [3.05, 3.63) is 65.7 Å². The molecule has 22 heavy (non-hydrogen) atoms. The van der Waals surface area contributed by atoms with Gasteiger partial charge in [0.2, 0.25) is 0 Å². The molecule has 0 fully saturated rings. The predicted molar refractivity (Wildman–Crippen MR) is 83.7 cm³/mol. The minimum absolute atomic E-state index is 0.151. The Morgan fingerprint density at radius 2 is 2.18 bits per heavy atom. The topological polar surface area (TPSA) is 64.7 Å². The fourth-order valence-corrected chi connectivity index (χ4v) is 2.35. The zero-order chi connectivity index (χ0) is 15.5. The minimum Gasteiger partial charge on any atom is -0.322 e. The van der Waals surface area contributed by atoms with Gasteiger partial charge in [-0.05, 0) is 30.7 Å². The van der Waals surface area contributed by atoms with E-state index in [1.54, 1.807) is 24.1 Å². The van der Waals surface area contributed by atoms with E-state index in [4.69, 9.17) is 0 Å². The van der Waals surface area contributed by atoms with Crippen LogP contribution < -0.4 is 5.32 Å². The van der Waals surface area contributed by atoms with E-state index >= 15 is 0 Å². The van der Waals surface area contributed by atoms with Gasteiger partial charge in [0.25, 0.3) is 5.91 Å². The summed E-state index contributed by atoms with van der Waals surface area (Å²) in [6.07, 6.45) is 5.37. The number of hydrogen-bond acceptors (Lipinski definition) is 3. The highest BCUT2D eigenvalue weighted by molar-refractivity contribution is 6.04. The van der Waals surface area contributed by atoms with Crippen LogP contribution in [-0.2, 0) is 13.6 Å². The minimum atomic E-state index is -0.151. The number of carbonyl (C=O) groups excluding carboxylic acids is 1. The summed E-state index contributed by atoms with van der Waals surface area (Å²) in [5.74, 6) is -0.151. The highest BCUT2D eigenvalue weighted by atomic mass is 16.1. The molecular formula is C16H17N5O. The van der Waals surface area contributed by atoms with Gasteiger partial charge in [-0.2, -0.15) is 10.2 Å². The van der Waals surface area contributed by atoms with E-state index < -0.39 is 0 Å². The number of nitrogens with zero attached hydrogens (tertiary/aromatic N) is 4. The summed E-state index contributed by atoms with van der Waals surface area (Å²) in [6.45, 7) is 2.49. The Balaban J connectivity index is 1.75. The van der Waals surface area contributed by atoms with E-state index in [1.807, 2.05) is 48.1 Å². The highest BCUT2D eigenvalue weighted by Gasteiger charge is 2.12. The molecule has 1 aromatic carbocycles. The van der Waals surface area contributed by atoms with Gasteiger partial charge in [0.15, 0.2) is 0 Å². The van der Waals surface area contributed by atoms with Gasteiger partial charge >= 0.3 is 0 Å². The molecule has 112 valence electrons. The van der Waals surface area contributed by atoms with E-state index in [1.165, 1.54) is 0 Å². The first-order chi connectivity index (χ1) is 10.6. The molecule has 0 aliphatic heterocycles. The van der Waals surface area contributed by atoms with Crippen LogP contribution in [0.2, 0.25) is 0 Å². The van der Waals surface area contributed by atoms with Gasteiger partial charge < -0.3 is 5.32 Å². The van der Waals surface area contributed by atoms with E-state index in [9.17, 15) is 4.79 Å². The maximum Gasteiger partial charge on any atom is 0.259 e.